The third-order valence-corrected chi connectivity index (χ3v) is 4.66. The molecule has 0 atom stereocenters. The lowest BCUT2D eigenvalue weighted by molar-refractivity contribution is 0.0824. The highest BCUT2D eigenvalue weighted by Gasteiger charge is 2.17. The smallest absolute Gasteiger partial charge is 0.305 e. The number of hydrogen-bond acceptors (Lipinski definition) is 4. The minimum Gasteiger partial charge on any atom is -0.486 e. The second-order valence-electron chi connectivity index (χ2n) is 6.61. The van der Waals surface area contributed by atoms with Gasteiger partial charge in [0.05, 0.1) is 0 Å². The molecule has 0 saturated heterocycles. The number of hydrogen-bond donors (Lipinski definition) is 2. The number of aromatic nitrogens is 1. The Labute approximate surface area is 173 Å². The van der Waals surface area contributed by atoms with Gasteiger partial charge in [-0.25, -0.2) is 0 Å². The average molecular weight is 403 g/mol. The average Bonchev–Trinajstić information content (AvgIpc) is 3.41. The summed E-state index contributed by atoms with van der Waals surface area (Å²) in [5.74, 6) is 0.340. The zero-order valence-corrected chi connectivity index (χ0v) is 16.4. The summed E-state index contributed by atoms with van der Waals surface area (Å²) >= 11 is 0. The molecule has 0 aliphatic carbocycles. The predicted molar refractivity (Wildman–Crippen MR) is 112 cm³/mol. The SMILES string of the molecule is CCn1c(C(=O)NNC(=O)c2ccc(COc3ccccc3)o2)cc2ccccc21. The number of nitrogens with one attached hydrogen (secondary N) is 2. The van der Waals surface area contributed by atoms with Gasteiger partial charge >= 0.3 is 5.91 Å². The van der Waals surface area contributed by atoms with Gasteiger partial charge < -0.3 is 13.7 Å². The highest BCUT2D eigenvalue weighted by atomic mass is 16.5. The summed E-state index contributed by atoms with van der Waals surface area (Å²) in [4.78, 5) is 24.9. The lowest BCUT2D eigenvalue weighted by atomic mass is 10.2. The third kappa shape index (κ3) is 4.05. The Kier molecular flexibility index (Phi) is 5.52. The Hall–Kier alpha value is -4.00. The van der Waals surface area contributed by atoms with E-state index >= 15 is 0 Å². The number of fused-ring (bicyclic) bond motifs is 1. The molecule has 0 bridgehead atoms. The summed E-state index contributed by atoms with van der Waals surface area (Å²) in [5.41, 5.74) is 6.27. The molecule has 0 aliphatic heterocycles. The first-order valence-corrected chi connectivity index (χ1v) is 9.61. The van der Waals surface area contributed by atoms with E-state index in [0.717, 1.165) is 10.9 Å². The van der Waals surface area contributed by atoms with Gasteiger partial charge in [-0.05, 0) is 43.3 Å². The van der Waals surface area contributed by atoms with Crippen LogP contribution in [0, 0.1) is 0 Å². The molecule has 4 aromatic rings. The van der Waals surface area contributed by atoms with Crippen LogP contribution >= 0.6 is 0 Å². The fourth-order valence-electron chi connectivity index (χ4n) is 3.23. The van der Waals surface area contributed by atoms with Crippen molar-refractivity contribution in [3.8, 4) is 5.75 Å². The van der Waals surface area contributed by atoms with Crippen molar-refractivity contribution >= 4 is 22.7 Å². The van der Waals surface area contributed by atoms with Crippen molar-refractivity contribution < 1.29 is 18.7 Å². The normalized spacial score (nSPS) is 10.7. The van der Waals surface area contributed by atoms with Crippen LogP contribution in [0.4, 0.5) is 0 Å². The zero-order chi connectivity index (χ0) is 20.9. The summed E-state index contributed by atoms with van der Waals surface area (Å²) in [7, 11) is 0. The van der Waals surface area contributed by atoms with E-state index in [-0.39, 0.29) is 12.4 Å². The molecule has 7 heteroatoms. The molecular weight excluding hydrogens is 382 g/mol. The van der Waals surface area contributed by atoms with Crippen LogP contribution in [-0.2, 0) is 13.2 Å². The monoisotopic (exact) mass is 403 g/mol. The van der Waals surface area contributed by atoms with Crippen molar-refractivity contribution in [2.45, 2.75) is 20.1 Å². The largest absolute Gasteiger partial charge is 0.486 e. The van der Waals surface area contributed by atoms with E-state index in [1.807, 2.05) is 66.1 Å². The molecular formula is C23H21N3O4. The molecule has 0 spiro atoms. The van der Waals surface area contributed by atoms with Gasteiger partial charge in [0.25, 0.3) is 5.91 Å². The van der Waals surface area contributed by atoms with E-state index in [9.17, 15) is 9.59 Å². The van der Waals surface area contributed by atoms with Gasteiger partial charge in [-0.2, -0.15) is 0 Å². The maximum absolute atomic E-state index is 12.6. The van der Waals surface area contributed by atoms with Gasteiger partial charge in [-0.3, -0.25) is 20.4 Å². The Morgan fingerprint density at radius 3 is 2.47 bits per heavy atom. The van der Waals surface area contributed by atoms with Crippen molar-refractivity contribution in [1.82, 2.24) is 15.4 Å². The number of furan rings is 1. The van der Waals surface area contributed by atoms with Gasteiger partial charge in [0, 0.05) is 17.4 Å². The van der Waals surface area contributed by atoms with Gasteiger partial charge in [0.15, 0.2) is 5.76 Å². The maximum atomic E-state index is 12.6. The van der Waals surface area contributed by atoms with Crippen LogP contribution in [0.3, 0.4) is 0 Å². The van der Waals surface area contributed by atoms with Crippen molar-refractivity contribution in [3.63, 3.8) is 0 Å². The Bertz CT molecular complexity index is 1180. The van der Waals surface area contributed by atoms with Crippen LogP contribution < -0.4 is 15.6 Å². The molecule has 0 radical (unpaired) electrons. The second kappa shape index (κ2) is 8.57. The Balaban J connectivity index is 1.37. The van der Waals surface area contributed by atoms with E-state index < -0.39 is 11.8 Å². The number of hydrazine groups is 1. The molecule has 30 heavy (non-hydrogen) atoms. The van der Waals surface area contributed by atoms with E-state index in [0.29, 0.717) is 23.7 Å². The molecule has 7 nitrogen and oxygen atoms in total. The number of amides is 2. The van der Waals surface area contributed by atoms with Gasteiger partial charge in [0.2, 0.25) is 0 Å². The van der Waals surface area contributed by atoms with Crippen LogP contribution in [0.5, 0.6) is 5.75 Å². The van der Waals surface area contributed by atoms with Crippen LogP contribution in [0.15, 0.2) is 77.2 Å². The summed E-state index contributed by atoms with van der Waals surface area (Å²) in [5, 5.41) is 0.963. The number of ether oxygens (including phenoxy) is 1. The fourth-order valence-corrected chi connectivity index (χ4v) is 3.23. The van der Waals surface area contributed by atoms with Crippen molar-refractivity contribution in [2.24, 2.45) is 0 Å². The van der Waals surface area contributed by atoms with Gasteiger partial charge in [-0.1, -0.05) is 36.4 Å². The Morgan fingerprint density at radius 2 is 1.67 bits per heavy atom. The third-order valence-electron chi connectivity index (χ3n) is 4.66. The lowest BCUT2D eigenvalue weighted by Gasteiger charge is -2.09. The summed E-state index contributed by atoms with van der Waals surface area (Å²) in [6.07, 6.45) is 0. The van der Waals surface area contributed by atoms with Crippen molar-refractivity contribution in [3.05, 3.63) is 90.0 Å². The van der Waals surface area contributed by atoms with E-state index in [2.05, 4.69) is 10.9 Å². The standard InChI is InChI=1S/C23H21N3O4/c1-2-26-19-11-7-6-8-16(19)14-20(26)22(27)24-25-23(28)21-13-12-18(30-21)15-29-17-9-4-3-5-10-17/h3-14H,2,15H2,1H3,(H,24,27)(H,25,28). The molecule has 0 unspecified atom stereocenters. The molecule has 2 amide bonds. The second-order valence-corrected chi connectivity index (χ2v) is 6.61. The summed E-state index contributed by atoms with van der Waals surface area (Å²) in [6, 6.07) is 22.0. The fraction of sp³-hybridized carbons (Fsp3) is 0.130. The quantitative estimate of drug-likeness (QED) is 0.478. The van der Waals surface area contributed by atoms with E-state index in [1.165, 1.54) is 6.07 Å². The number of aryl methyl sites for hydroxylation is 1. The Morgan fingerprint density at radius 1 is 0.933 bits per heavy atom. The first kappa shape index (κ1) is 19.3. The lowest BCUT2D eigenvalue weighted by Crippen LogP contribution is -2.42. The highest BCUT2D eigenvalue weighted by Crippen LogP contribution is 2.19. The molecule has 4 rings (SSSR count). The summed E-state index contributed by atoms with van der Waals surface area (Å²) < 4.78 is 13.0. The predicted octanol–water partition coefficient (Wildman–Crippen LogP) is 3.91. The first-order valence-electron chi connectivity index (χ1n) is 9.61. The first-order chi connectivity index (χ1) is 14.7. The van der Waals surface area contributed by atoms with Crippen LogP contribution in [0.2, 0.25) is 0 Å². The number of carbonyl (C=O) groups excluding carboxylic acids is 2. The zero-order valence-electron chi connectivity index (χ0n) is 16.4. The van der Waals surface area contributed by atoms with E-state index in [1.54, 1.807) is 12.1 Å². The molecule has 2 aromatic carbocycles. The van der Waals surface area contributed by atoms with Gasteiger partial charge in [-0.15, -0.1) is 0 Å². The van der Waals surface area contributed by atoms with Crippen LogP contribution in [0.25, 0.3) is 10.9 Å². The van der Waals surface area contributed by atoms with Crippen molar-refractivity contribution in [2.75, 3.05) is 0 Å². The maximum Gasteiger partial charge on any atom is 0.305 e. The molecule has 2 N–H and O–H groups in total. The molecule has 0 saturated carbocycles. The topological polar surface area (TPSA) is 85.5 Å². The van der Waals surface area contributed by atoms with Crippen LogP contribution in [0.1, 0.15) is 33.7 Å². The minimum absolute atomic E-state index is 0.0815. The van der Waals surface area contributed by atoms with E-state index in [4.69, 9.17) is 9.15 Å². The molecule has 152 valence electrons. The van der Waals surface area contributed by atoms with Crippen molar-refractivity contribution in [1.29, 1.82) is 0 Å². The van der Waals surface area contributed by atoms with Gasteiger partial charge in [0.1, 0.15) is 23.8 Å². The number of benzene rings is 2. The number of rotatable bonds is 6. The highest BCUT2D eigenvalue weighted by molar-refractivity contribution is 6.00. The molecule has 2 heterocycles. The number of nitrogens with zero attached hydrogens (tertiary/aromatic N) is 1. The molecule has 0 aliphatic rings. The number of para-hydroxylation sites is 2. The molecule has 0 fully saturated rings. The minimum atomic E-state index is -0.548. The number of carbonyl (C=O) groups is 2. The van der Waals surface area contributed by atoms with Crippen LogP contribution in [-0.4, -0.2) is 16.4 Å². The molecule has 2 aromatic heterocycles. The summed E-state index contributed by atoms with van der Waals surface area (Å²) in [6.45, 7) is 2.79.